The number of para-hydroxylation sites is 1. The zero-order chi connectivity index (χ0) is 19.6. The summed E-state index contributed by atoms with van der Waals surface area (Å²) >= 11 is 1.69. The fourth-order valence-electron chi connectivity index (χ4n) is 3.74. The largest absolute Gasteiger partial charge is 0.456 e. The summed E-state index contributed by atoms with van der Waals surface area (Å²) in [5.74, 6) is 0.768. The van der Waals surface area contributed by atoms with Crippen LogP contribution in [0.2, 0.25) is 0 Å². The highest BCUT2D eigenvalue weighted by Crippen LogP contribution is 2.31. The molecule has 0 bridgehead atoms. The second-order valence-electron chi connectivity index (χ2n) is 7.21. The summed E-state index contributed by atoms with van der Waals surface area (Å²) in [6.07, 6.45) is 2.51. The lowest BCUT2D eigenvalue weighted by atomic mass is 10.1. The molecule has 0 spiro atoms. The Hall–Kier alpha value is -2.76. The van der Waals surface area contributed by atoms with E-state index in [1.165, 1.54) is 0 Å². The van der Waals surface area contributed by atoms with Crippen molar-refractivity contribution in [2.24, 2.45) is 0 Å². The zero-order valence-corrected chi connectivity index (χ0v) is 16.7. The van der Waals surface area contributed by atoms with Crippen LogP contribution in [-0.4, -0.2) is 24.4 Å². The number of rotatable bonds is 5. The van der Waals surface area contributed by atoms with E-state index >= 15 is 0 Å². The van der Waals surface area contributed by atoms with E-state index in [2.05, 4.69) is 5.32 Å². The van der Waals surface area contributed by atoms with Gasteiger partial charge in [-0.1, -0.05) is 30.3 Å². The van der Waals surface area contributed by atoms with Crippen LogP contribution in [0.5, 0.6) is 0 Å². The van der Waals surface area contributed by atoms with Gasteiger partial charge in [0.1, 0.15) is 11.2 Å². The normalized spacial score (nSPS) is 16.5. The first-order chi connectivity index (χ1) is 14.3. The summed E-state index contributed by atoms with van der Waals surface area (Å²) in [6.45, 7) is 0.846. The number of fused-ring (bicyclic) bond motifs is 3. The number of carbonyl (C=O) groups excluding carboxylic acids is 1. The summed E-state index contributed by atoms with van der Waals surface area (Å²) in [5.41, 5.74) is 3.11. The molecular formula is C24H21NO3S. The monoisotopic (exact) mass is 403 g/mol. The number of nitrogens with one attached hydrogen (secondary N) is 1. The summed E-state index contributed by atoms with van der Waals surface area (Å²) in [5, 5.41) is 5.09. The first-order valence-electron chi connectivity index (χ1n) is 9.84. The van der Waals surface area contributed by atoms with Gasteiger partial charge in [-0.05, 0) is 49.2 Å². The average Bonchev–Trinajstić information content (AvgIpc) is 3.40. The molecule has 146 valence electrons. The van der Waals surface area contributed by atoms with Crippen LogP contribution in [0.4, 0.5) is 5.69 Å². The second-order valence-corrected chi connectivity index (χ2v) is 8.27. The predicted molar refractivity (Wildman–Crippen MR) is 118 cm³/mol. The van der Waals surface area contributed by atoms with Crippen molar-refractivity contribution in [2.75, 3.05) is 17.7 Å². The van der Waals surface area contributed by atoms with Gasteiger partial charge < -0.3 is 14.5 Å². The number of amides is 1. The van der Waals surface area contributed by atoms with Gasteiger partial charge in [0, 0.05) is 33.7 Å². The van der Waals surface area contributed by atoms with Gasteiger partial charge in [-0.25, -0.2) is 0 Å². The lowest BCUT2D eigenvalue weighted by molar-refractivity contribution is 0.102. The van der Waals surface area contributed by atoms with Crippen LogP contribution < -0.4 is 5.32 Å². The summed E-state index contributed by atoms with van der Waals surface area (Å²) < 4.78 is 11.6. The molecule has 1 aromatic heterocycles. The Morgan fingerprint density at radius 2 is 1.83 bits per heavy atom. The molecule has 1 fully saturated rings. The van der Waals surface area contributed by atoms with Crippen LogP contribution in [0.25, 0.3) is 21.9 Å². The van der Waals surface area contributed by atoms with Gasteiger partial charge in [0.25, 0.3) is 5.91 Å². The molecule has 3 aromatic carbocycles. The smallest absolute Gasteiger partial charge is 0.256 e. The van der Waals surface area contributed by atoms with Crippen molar-refractivity contribution < 1.29 is 13.9 Å². The summed E-state index contributed by atoms with van der Waals surface area (Å²) in [6, 6.07) is 21.4. The van der Waals surface area contributed by atoms with Crippen molar-refractivity contribution >= 4 is 45.3 Å². The standard InChI is InChI=1S/C24H21NO3S/c26-24(19-8-2-4-10-23(19)29-15-17-6-5-13-27-17)25-16-11-12-22-20(14-16)18-7-1-3-9-21(18)28-22/h1-4,7-12,14,17H,5-6,13,15H2,(H,25,26). The molecule has 4 aromatic rings. The highest BCUT2D eigenvalue weighted by atomic mass is 32.2. The molecular weight excluding hydrogens is 382 g/mol. The first kappa shape index (κ1) is 18.3. The molecule has 1 atom stereocenters. The maximum Gasteiger partial charge on any atom is 0.256 e. The van der Waals surface area contributed by atoms with Crippen molar-refractivity contribution in [1.29, 1.82) is 0 Å². The predicted octanol–water partition coefficient (Wildman–Crippen LogP) is 6.11. The molecule has 0 saturated carbocycles. The zero-order valence-electron chi connectivity index (χ0n) is 15.9. The molecule has 4 nitrogen and oxygen atoms in total. The number of thioether (sulfide) groups is 1. The second kappa shape index (κ2) is 7.93. The van der Waals surface area contributed by atoms with Gasteiger partial charge in [-0.15, -0.1) is 11.8 Å². The SMILES string of the molecule is O=C(Nc1ccc2oc3ccccc3c2c1)c1ccccc1SCC1CCCO1. The third kappa shape index (κ3) is 3.76. The van der Waals surface area contributed by atoms with Gasteiger partial charge in [0.05, 0.1) is 11.7 Å². The number of hydrogen-bond acceptors (Lipinski definition) is 4. The first-order valence-corrected chi connectivity index (χ1v) is 10.8. The molecule has 1 N–H and O–H groups in total. The van der Waals surface area contributed by atoms with E-state index in [0.29, 0.717) is 5.56 Å². The molecule has 0 radical (unpaired) electrons. The van der Waals surface area contributed by atoms with Crippen molar-refractivity contribution in [3.8, 4) is 0 Å². The van der Waals surface area contributed by atoms with E-state index < -0.39 is 0 Å². The maximum absolute atomic E-state index is 13.0. The molecule has 1 unspecified atom stereocenters. The number of furan rings is 1. The molecule has 2 heterocycles. The number of hydrogen-bond donors (Lipinski definition) is 1. The van der Waals surface area contributed by atoms with Crippen molar-refractivity contribution in [3.05, 3.63) is 72.3 Å². The molecule has 29 heavy (non-hydrogen) atoms. The van der Waals surface area contributed by atoms with E-state index in [4.69, 9.17) is 9.15 Å². The fourth-order valence-corrected chi connectivity index (χ4v) is 4.86. The van der Waals surface area contributed by atoms with Crippen LogP contribution in [-0.2, 0) is 4.74 Å². The van der Waals surface area contributed by atoms with E-state index in [-0.39, 0.29) is 12.0 Å². The lowest BCUT2D eigenvalue weighted by Gasteiger charge is -2.12. The Balaban J connectivity index is 1.38. The lowest BCUT2D eigenvalue weighted by Crippen LogP contribution is -2.14. The van der Waals surface area contributed by atoms with Crippen molar-refractivity contribution in [1.82, 2.24) is 0 Å². The van der Waals surface area contributed by atoms with Gasteiger partial charge in [0.15, 0.2) is 0 Å². The minimum Gasteiger partial charge on any atom is -0.456 e. The van der Waals surface area contributed by atoms with Gasteiger partial charge in [0.2, 0.25) is 0 Å². The topological polar surface area (TPSA) is 51.5 Å². The van der Waals surface area contributed by atoms with E-state index in [1.54, 1.807) is 11.8 Å². The molecule has 5 heteroatoms. The van der Waals surface area contributed by atoms with Gasteiger partial charge >= 0.3 is 0 Å². The highest BCUT2D eigenvalue weighted by Gasteiger charge is 2.18. The van der Waals surface area contributed by atoms with Gasteiger partial charge in [-0.3, -0.25) is 4.79 Å². The molecule has 1 aliphatic rings. The van der Waals surface area contributed by atoms with E-state index in [9.17, 15) is 4.79 Å². The Morgan fingerprint density at radius 3 is 2.72 bits per heavy atom. The Kier molecular flexibility index (Phi) is 5.00. The molecule has 1 aliphatic heterocycles. The van der Waals surface area contributed by atoms with Crippen LogP contribution in [0.15, 0.2) is 76.0 Å². The minimum absolute atomic E-state index is 0.104. The van der Waals surface area contributed by atoms with Crippen molar-refractivity contribution in [3.63, 3.8) is 0 Å². The number of benzene rings is 3. The van der Waals surface area contributed by atoms with Crippen LogP contribution in [0, 0.1) is 0 Å². The Bertz CT molecular complexity index is 1180. The maximum atomic E-state index is 13.0. The van der Waals surface area contributed by atoms with E-state index in [0.717, 1.165) is 57.7 Å². The average molecular weight is 404 g/mol. The quantitative estimate of drug-likeness (QED) is 0.409. The third-order valence-corrected chi connectivity index (χ3v) is 6.42. The fraction of sp³-hybridized carbons (Fsp3) is 0.208. The third-order valence-electron chi connectivity index (χ3n) is 5.21. The number of ether oxygens (including phenoxy) is 1. The van der Waals surface area contributed by atoms with Crippen LogP contribution in [0.1, 0.15) is 23.2 Å². The van der Waals surface area contributed by atoms with Crippen molar-refractivity contribution in [2.45, 2.75) is 23.8 Å². The Morgan fingerprint density at radius 1 is 1.00 bits per heavy atom. The molecule has 5 rings (SSSR count). The molecule has 0 aliphatic carbocycles. The van der Waals surface area contributed by atoms with E-state index in [1.807, 2.05) is 66.7 Å². The van der Waals surface area contributed by atoms with Gasteiger partial charge in [-0.2, -0.15) is 0 Å². The number of anilines is 1. The number of carbonyl (C=O) groups is 1. The van der Waals surface area contributed by atoms with Crippen LogP contribution >= 0.6 is 11.8 Å². The molecule has 1 saturated heterocycles. The summed E-state index contributed by atoms with van der Waals surface area (Å²) in [4.78, 5) is 14.0. The Labute approximate surface area is 173 Å². The molecule has 1 amide bonds. The van der Waals surface area contributed by atoms with Crippen LogP contribution in [0.3, 0.4) is 0 Å². The summed E-state index contributed by atoms with van der Waals surface area (Å²) in [7, 11) is 0. The minimum atomic E-state index is -0.104. The highest BCUT2D eigenvalue weighted by molar-refractivity contribution is 7.99.